The zero-order chi connectivity index (χ0) is 20.6. The van der Waals surface area contributed by atoms with Crippen LogP contribution in [0.15, 0.2) is 46.4 Å². The Morgan fingerprint density at radius 1 is 0.710 bits per heavy atom. The van der Waals surface area contributed by atoms with E-state index in [-0.39, 0.29) is 0 Å². The highest BCUT2D eigenvalue weighted by atomic mass is 32.1. The second kappa shape index (κ2) is 8.01. The number of aromatic nitrogens is 2. The van der Waals surface area contributed by atoms with Gasteiger partial charge >= 0.3 is 0 Å². The maximum absolute atomic E-state index is 4.83. The van der Waals surface area contributed by atoms with Gasteiger partial charge in [0.05, 0.1) is 43.5 Å². The first-order valence-electron chi connectivity index (χ1n) is 10.7. The third-order valence-corrected chi connectivity index (χ3v) is 7.70. The standard InChI is InChI=1S/C23H22N6S2/c1(2-20-28-16-6-4-14(12-18(16)30-20)22-24-8-9-25-22)3-21-29-17-7-5-15(13-19(17)31-21)23-26-10-11-27-23/h4-7,12-13H,1-3,8-11H2,(H,24,25)(H,26,27). The van der Waals surface area contributed by atoms with Crippen molar-refractivity contribution in [2.24, 2.45) is 9.98 Å². The second-order valence-electron chi connectivity index (χ2n) is 7.75. The summed E-state index contributed by atoms with van der Waals surface area (Å²) in [5.74, 6) is 2.01. The lowest BCUT2D eigenvalue weighted by Gasteiger charge is -2.01. The van der Waals surface area contributed by atoms with Crippen LogP contribution in [0.1, 0.15) is 27.6 Å². The molecule has 0 saturated carbocycles. The first-order chi connectivity index (χ1) is 15.3. The molecule has 0 bridgehead atoms. The molecule has 6 nitrogen and oxygen atoms in total. The molecule has 8 heteroatoms. The van der Waals surface area contributed by atoms with E-state index in [0.29, 0.717) is 0 Å². The van der Waals surface area contributed by atoms with Gasteiger partial charge in [0.2, 0.25) is 0 Å². The van der Waals surface area contributed by atoms with E-state index >= 15 is 0 Å². The van der Waals surface area contributed by atoms with Crippen LogP contribution in [0.3, 0.4) is 0 Å². The van der Waals surface area contributed by atoms with Gasteiger partial charge < -0.3 is 10.6 Å². The van der Waals surface area contributed by atoms with Gasteiger partial charge in [0.25, 0.3) is 0 Å². The Bertz CT molecular complexity index is 1230. The summed E-state index contributed by atoms with van der Waals surface area (Å²) in [6, 6.07) is 12.9. The van der Waals surface area contributed by atoms with Crippen LogP contribution in [-0.4, -0.2) is 47.8 Å². The zero-order valence-electron chi connectivity index (χ0n) is 17.0. The predicted molar refractivity (Wildman–Crippen MR) is 130 cm³/mol. The van der Waals surface area contributed by atoms with Crippen molar-refractivity contribution in [1.29, 1.82) is 0 Å². The smallest absolute Gasteiger partial charge is 0.128 e. The Kier molecular flexibility index (Phi) is 4.88. The molecule has 0 atom stereocenters. The third-order valence-electron chi connectivity index (χ3n) is 5.54. The Balaban J connectivity index is 1.13. The molecule has 156 valence electrons. The molecule has 0 radical (unpaired) electrons. The summed E-state index contributed by atoms with van der Waals surface area (Å²) in [5, 5.41) is 9.08. The first kappa shape index (κ1) is 18.9. The molecule has 4 heterocycles. The molecular formula is C23H22N6S2. The number of nitrogens with zero attached hydrogens (tertiary/aromatic N) is 4. The van der Waals surface area contributed by atoms with Gasteiger partial charge in [-0.2, -0.15) is 0 Å². The van der Waals surface area contributed by atoms with Crippen molar-refractivity contribution in [3.63, 3.8) is 0 Å². The van der Waals surface area contributed by atoms with E-state index in [9.17, 15) is 0 Å². The van der Waals surface area contributed by atoms with Crippen LogP contribution in [0.4, 0.5) is 0 Å². The molecule has 2 aliphatic rings. The van der Waals surface area contributed by atoms with E-state index in [2.05, 4.69) is 57.0 Å². The van der Waals surface area contributed by atoms with Gasteiger partial charge in [-0.3, -0.25) is 9.98 Å². The highest BCUT2D eigenvalue weighted by molar-refractivity contribution is 7.19. The molecular weight excluding hydrogens is 424 g/mol. The molecule has 2 aliphatic heterocycles. The number of benzene rings is 2. The van der Waals surface area contributed by atoms with Crippen LogP contribution < -0.4 is 10.6 Å². The minimum atomic E-state index is 0.861. The molecule has 0 amide bonds. The number of aryl methyl sites for hydroxylation is 2. The number of hydrogen-bond acceptors (Lipinski definition) is 8. The number of rotatable bonds is 6. The number of amidine groups is 2. The Labute approximate surface area is 188 Å². The van der Waals surface area contributed by atoms with Crippen molar-refractivity contribution >= 4 is 54.8 Å². The molecule has 0 fully saturated rings. The van der Waals surface area contributed by atoms with E-state index in [1.165, 1.54) is 19.4 Å². The van der Waals surface area contributed by atoms with Crippen LogP contribution in [-0.2, 0) is 12.8 Å². The summed E-state index contributed by atoms with van der Waals surface area (Å²) in [6.45, 7) is 3.58. The van der Waals surface area contributed by atoms with Gasteiger partial charge in [0, 0.05) is 24.2 Å². The topological polar surface area (TPSA) is 74.6 Å². The fourth-order valence-electron chi connectivity index (χ4n) is 4.03. The maximum atomic E-state index is 4.83. The summed E-state index contributed by atoms with van der Waals surface area (Å²) in [4.78, 5) is 18.7. The summed E-state index contributed by atoms with van der Waals surface area (Å²) < 4.78 is 2.47. The van der Waals surface area contributed by atoms with Crippen molar-refractivity contribution in [2.45, 2.75) is 19.3 Å². The van der Waals surface area contributed by atoms with Crippen LogP contribution >= 0.6 is 22.7 Å². The summed E-state index contributed by atoms with van der Waals surface area (Å²) in [6.07, 6.45) is 3.02. The van der Waals surface area contributed by atoms with Crippen LogP contribution in [0.25, 0.3) is 20.4 Å². The molecule has 31 heavy (non-hydrogen) atoms. The summed E-state index contributed by atoms with van der Waals surface area (Å²) >= 11 is 3.59. The summed E-state index contributed by atoms with van der Waals surface area (Å²) in [7, 11) is 0. The third kappa shape index (κ3) is 3.81. The molecule has 2 N–H and O–H groups in total. The number of aliphatic imine (C=N–C) groups is 2. The normalized spacial score (nSPS) is 15.9. The second-order valence-corrected chi connectivity index (χ2v) is 9.98. The lowest BCUT2D eigenvalue weighted by molar-refractivity contribution is 0.812. The van der Waals surface area contributed by atoms with Crippen LogP contribution in [0.2, 0.25) is 0 Å². The van der Waals surface area contributed by atoms with E-state index in [1.807, 2.05) is 0 Å². The average Bonchev–Trinajstić information content (AvgIpc) is 3.59. The molecule has 6 rings (SSSR count). The maximum Gasteiger partial charge on any atom is 0.128 e. The number of hydrogen-bond donors (Lipinski definition) is 2. The predicted octanol–water partition coefficient (Wildman–Crippen LogP) is 3.78. The summed E-state index contributed by atoms with van der Waals surface area (Å²) in [5.41, 5.74) is 4.48. The van der Waals surface area contributed by atoms with E-state index in [4.69, 9.17) is 9.97 Å². The highest BCUT2D eigenvalue weighted by Crippen LogP contribution is 2.27. The van der Waals surface area contributed by atoms with Gasteiger partial charge in [-0.15, -0.1) is 22.7 Å². The monoisotopic (exact) mass is 446 g/mol. The molecule has 2 aromatic carbocycles. The molecule has 0 spiro atoms. The van der Waals surface area contributed by atoms with Crippen molar-refractivity contribution in [3.8, 4) is 0 Å². The Hall–Kier alpha value is -2.84. The van der Waals surface area contributed by atoms with Crippen molar-refractivity contribution in [3.05, 3.63) is 57.5 Å². The zero-order valence-corrected chi connectivity index (χ0v) is 18.7. The SMILES string of the molecule is c1cc2nc(CCCc3nc4ccc(C5=NCCN5)cc4s3)sc2cc1C1=NCCN1. The quantitative estimate of drug-likeness (QED) is 0.473. The fourth-order valence-corrected chi connectivity index (χ4v) is 6.12. The van der Waals surface area contributed by atoms with Gasteiger partial charge in [-0.25, -0.2) is 9.97 Å². The lowest BCUT2D eigenvalue weighted by Crippen LogP contribution is -2.19. The van der Waals surface area contributed by atoms with Gasteiger partial charge in [0.15, 0.2) is 0 Å². The highest BCUT2D eigenvalue weighted by Gasteiger charge is 2.13. The number of nitrogens with one attached hydrogen (secondary N) is 2. The fraction of sp³-hybridized carbons (Fsp3) is 0.304. The molecule has 0 saturated heterocycles. The van der Waals surface area contributed by atoms with Crippen molar-refractivity contribution in [2.75, 3.05) is 26.2 Å². The minimum Gasteiger partial charge on any atom is -0.368 e. The van der Waals surface area contributed by atoms with Gasteiger partial charge in [-0.1, -0.05) is 0 Å². The first-order valence-corrected chi connectivity index (χ1v) is 12.3. The van der Waals surface area contributed by atoms with E-state index < -0.39 is 0 Å². The van der Waals surface area contributed by atoms with Crippen molar-refractivity contribution in [1.82, 2.24) is 20.6 Å². The molecule has 0 unspecified atom stereocenters. The van der Waals surface area contributed by atoms with Crippen LogP contribution in [0, 0.1) is 0 Å². The van der Waals surface area contributed by atoms with Gasteiger partial charge in [0.1, 0.15) is 11.7 Å². The largest absolute Gasteiger partial charge is 0.368 e. The lowest BCUT2D eigenvalue weighted by atomic mass is 10.2. The van der Waals surface area contributed by atoms with Gasteiger partial charge in [-0.05, 0) is 55.7 Å². The molecule has 0 aliphatic carbocycles. The number of thiazole rings is 2. The number of fused-ring (bicyclic) bond motifs is 2. The molecule has 2 aromatic heterocycles. The van der Waals surface area contributed by atoms with E-state index in [1.54, 1.807) is 22.7 Å². The Morgan fingerprint density at radius 3 is 1.68 bits per heavy atom. The van der Waals surface area contributed by atoms with Crippen LogP contribution in [0.5, 0.6) is 0 Å². The minimum absolute atomic E-state index is 0.861. The molecule has 4 aromatic rings. The average molecular weight is 447 g/mol. The Morgan fingerprint density at radius 2 is 1.23 bits per heavy atom. The van der Waals surface area contributed by atoms with Crippen molar-refractivity contribution < 1.29 is 0 Å². The van der Waals surface area contributed by atoms with E-state index in [0.717, 1.165) is 79.3 Å².